The van der Waals surface area contributed by atoms with Crippen molar-refractivity contribution < 1.29 is 18.7 Å². The number of fused-ring (bicyclic) bond motifs is 1. The average Bonchev–Trinajstić information content (AvgIpc) is 2.55. The lowest BCUT2D eigenvalue weighted by Crippen LogP contribution is -2.28. The molecule has 0 N–H and O–H groups in total. The van der Waals surface area contributed by atoms with Crippen molar-refractivity contribution in [3.05, 3.63) is 70.6 Å². The summed E-state index contributed by atoms with van der Waals surface area (Å²) in [5.41, 5.74) is 0.742. The van der Waals surface area contributed by atoms with E-state index >= 15 is 0 Å². The first kappa shape index (κ1) is 15.8. The largest absolute Gasteiger partial charge is 0.479 e. The summed E-state index contributed by atoms with van der Waals surface area (Å²) in [5.74, 6) is 0.347. The van der Waals surface area contributed by atoms with E-state index in [1.165, 1.54) is 12.1 Å². The fraction of sp³-hybridized carbons (Fsp3) is 0.158. The van der Waals surface area contributed by atoms with Crippen LogP contribution >= 0.6 is 0 Å². The van der Waals surface area contributed by atoms with E-state index in [0.29, 0.717) is 17.1 Å². The van der Waals surface area contributed by atoms with Crippen LogP contribution in [0.4, 0.5) is 0 Å². The van der Waals surface area contributed by atoms with Gasteiger partial charge in [0.25, 0.3) is 0 Å². The van der Waals surface area contributed by atoms with E-state index < -0.39 is 17.7 Å². The highest BCUT2D eigenvalue weighted by atomic mass is 16.6. The van der Waals surface area contributed by atoms with Gasteiger partial charge in [-0.25, -0.2) is 9.59 Å². The minimum absolute atomic E-state index is 0.296. The maximum atomic E-state index is 12.1. The Hall–Kier alpha value is -3.08. The molecule has 1 heterocycles. The highest BCUT2D eigenvalue weighted by Gasteiger charge is 2.17. The Morgan fingerprint density at radius 1 is 1.04 bits per heavy atom. The summed E-state index contributed by atoms with van der Waals surface area (Å²) in [6, 6.07) is 15.4. The van der Waals surface area contributed by atoms with Crippen LogP contribution in [-0.4, -0.2) is 12.1 Å². The van der Waals surface area contributed by atoms with Gasteiger partial charge in [0.15, 0.2) is 6.10 Å². The molecule has 0 saturated heterocycles. The topological polar surface area (TPSA) is 65.7 Å². The molecule has 2 aromatic carbocycles. The minimum Gasteiger partial charge on any atom is -0.479 e. The zero-order valence-corrected chi connectivity index (χ0v) is 13.3. The summed E-state index contributed by atoms with van der Waals surface area (Å²) >= 11 is 0. The second-order valence-corrected chi connectivity index (χ2v) is 5.40. The molecular formula is C19H16O5. The number of carbonyl (C=O) groups is 1. The zero-order chi connectivity index (χ0) is 17.1. The van der Waals surface area contributed by atoms with E-state index in [1.807, 2.05) is 25.1 Å². The molecule has 5 heteroatoms. The van der Waals surface area contributed by atoms with Crippen molar-refractivity contribution in [2.75, 3.05) is 0 Å². The number of hydrogen-bond donors (Lipinski definition) is 0. The summed E-state index contributed by atoms with van der Waals surface area (Å²) < 4.78 is 16.0. The molecule has 0 aliphatic carbocycles. The van der Waals surface area contributed by atoms with E-state index in [0.717, 1.165) is 10.9 Å². The van der Waals surface area contributed by atoms with E-state index in [-0.39, 0.29) is 0 Å². The van der Waals surface area contributed by atoms with Gasteiger partial charge >= 0.3 is 11.6 Å². The lowest BCUT2D eigenvalue weighted by atomic mass is 10.1. The fourth-order valence-electron chi connectivity index (χ4n) is 2.32. The van der Waals surface area contributed by atoms with E-state index in [2.05, 4.69) is 0 Å². The highest BCUT2D eigenvalue weighted by molar-refractivity contribution is 5.83. The highest BCUT2D eigenvalue weighted by Crippen LogP contribution is 2.23. The van der Waals surface area contributed by atoms with Crippen molar-refractivity contribution in [3.8, 4) is 11.5 Å². The van der Waals surface area contributed by atoms with Crippen LogP contribution in [0, 0.1) is 6.92 Å². The minimum atomic E-state index is -0.771. The van der Waals surface area contributed by atoms with Gasteiger partial charge in [-0.3, -0.25) is 0 Å². The lowest BCUT2D eigenvalue weighted by molar-refractivity contribution is -0.141. The van der Waals surface area contributed by atoms with Crippen LogP contribution in [0.5, 0.6) is 11.5 Å². The van der Waals surface area contributed by atoms with Gasteiger partial charge < -0.3 is 13.9 Å². The summed E-state index contributed by atoms with van der Waals surface area (Å²) in [6.45, 7) is 3.43. The second kappa shape index (κ2) is 6.58. The molecule has 3 aromatic rings. The number of para-hydroxylation sites is 1. The van der Waals surface area contributed by atoms with Crippen LogP contribution in [0.1, 0.15) is 12.5 Å². The Bertz CT molecular complexity index is 927. The number of aryl methyl sites for hydroxylation is 1. The molecule has 0 spiro atoms. The van der Waals surface area contributed by atoms with Gasteiger partial charge in [0, 0.05) is 17.5 Å². The Labute approximate surface area is 138 Å². The van der Waals surface area contributed by atoms with Gasteiger partial charge in [0.1, 0.15) is 17.1 Å². The first-order valence-corrected chi connectivity index (χ1v) is 7.51. The van der Waals surface area contributed by atoms with Crippen LogP contribution in [0.3, 0.4) is 0 Å². The third-order valence-electron chi connectivity index (χ3n) is 3.53. The van der Waals surface area contributed by atoms with Gasteiger partial charge in [-0.15, -0.1) is 0 Å². The maximum Gasteiger partial charge on any atom is 0.352 e. The van der Waals surface area contributed by atoms with Crippen molar-refractivity contribution in [2.24, 2.45) is 0 Å². The van der Waals surface area contributed by atoms with Gasteiger partial charge in [-0.2, -0.15) is 0 Å². The summed E-state index contributed by atoms with van der Waals surface area (Å²) in [4.78, 5) is 23.6. The van der Waals surface area contributed by atoms with Crippen LogP contribution < -0.4 is 15.1 Å². The first-order valence-electron chi connectivity index (χ1n) is 7.51. The van der Waals surface area contributed by atoms with Crippen LogP contribution in [0.2, 0.25) is 0 Å². The molecule has 1 aromatic heterocycles. The molecule has 0 aliphatic heterocycles. The standard InChI is InChI=1S/C19H16O5/c1-12-10-18(20)24-17-11-15(8-9-16(12)17)23-19(21)13(2)22-14-6-4-3-5-7-14/h3-11,13H,1-2H3/t13-/m1/s1. The number of carbonyl (C=O) groups excluding carboxylic acids is 1. The van der Waals surface area contributed by atoms with Crippen LogP contribution in [-0.2, 0) is 4.79 Å². The molecule has 0 fully saturated rings. The molecule has 0 radical (unpaired) electrons. The first-order chi connectivity index (χ1) is 11.5. The predicted molar refractivity (Wildman–Crippen MR) is 89.4 cm³/mol. The van der Waals surface area contributed by atoms with Crippen molar-refractivity contribution in [1.29, 1.82) is 0 Å². The van der Waals surface area contributed by atoms with Gasteiger partial charge in [0.05, 0.1) is 0 Å². The number of rotatable bonds is 4. The maximum absolute atomic E-state index is 12.1. The zero-order valence-electron chi connectivity index (χ0n) is 13.3. The number of esters is 1. The molecule has 0 amide bonds. The average molecular weight is 324 g/mol. The normalized spacial score (nSPS) is 11.9. The smallest absolute Gasteiger partial charge is 0.352 e. The second-order valence-electron chi connectivity index (χ2n) is 5.40. The van der Waals surface area contributed by atoms with Crippen molar-refractivity contribution >= 4 is 16.9 Å². The quantitative estimate of drug-likeness (QED) is 0.418. The molecule has 0 bridgehead atoms. The number of hydrogen-bond acceptors (Lipinski definition) is 5. The van der Waals surface area contributed by atoms with E-state index in [9.17, 15) is 9.59 Å². The molecule has 3 rings (SSSR count). The molecule has 122 valence electrons. The molecule has 1 atom stereocenters. The van der Waals surface area contributed by atoms with Gasteiger partial charge in [-0.05, 0) is 43.7 Å². The SMILES string of the molecule is Cc1cc(=O)oc2cc(OC(=O)[C@@H](C)Oc3ccccc3)ccc12. The molecule has 0 aliphatic rings. The number of ether oxygens (including phenoxy) is 2. The van der Waals surface area contributed by atoms with Crippen molar-refractivity contribution in [3.63, 3.8) is 0 Å². The number of benzene rings is 2. The Morgan fingerprint density at radius 2 is 1.79 bits per heavy atom. The van der Waals surface area contributed by atoms with E-state index in [4.69, 9.17) is 13.9 Å². The van der Waals surface area contributed by atoms with Gasteiger partial charge in [-0.1, -0.05) is 18.2 Å². The monoisotopic (exact) mass is 324 g/mol. The molecular weight excluding hydrogens is 308 g/mol. The molecule has 0 unspecified atom stereocenters. The third kappa shape index (κ3) is 3.46. The van der Waals surface area contributed by atoms with Crippen LogP contribution in [0.15, 0.2) is 63.8 Å². The summed E-state index contributed by atoms with van der Waals surface area (Å²) in [7, 11) is 0. The Balaban J connectivity index is 1.76. The molecule has 24 heavy (non-hydrogen) atoms. The van der Waals surface area contributed by atoms with Crippen molar-refractivity contribution in [2.45, 2.75) is 20.0 Å². The Morgan fingerprint density at radius 3 is 2.54 bits per heavy atom. The summed E-state index contributed by atoms with van der Waals surface area (Å²) in [6.07, 6.45) is -0.771. The lowest BCUT2D eigenvalue weighted by Gasteiger charge is -2.14. The van der Waals surface area contributed by atoms with E-state index in [1.54, 1.807) is 31.2 Å². The van der Waals surface area contributed by atoms with Crippen LogP contribution in [0.25, 0.3) is 11.0 Å². The van der Waals surface area contributed by atoms with Gasteiger partial charge in [0.2, 0.25) is 0 Å². The fourth-order valence-corrected chi connectivity index (χ4v) is 2.32. The molecule has 0 saturated carbocycles. The molecule has 5 nitrogen and oxygen atoms in total. The summed E-state index contributed by atoms with van der Waals surface area (Å²) in [5, 5.41) is 0.794. The third-order valence-corrected chi connectivity index (χ3v) is 3.53. The Kier molecular flexibility index (Phi) is 4.33. The van der Waals surface area contributed by atoms with Crippen molar-refractivity contribution in [1.82, 2.24) is 0 Å². The predicted octanol–water partition coefficient (Wildman–Crippen LogP) is 3.47.